The summed E-state index contributed by atoms with van der Waals surface area (Å²) in [6, 6.07) is 10.2. The summed E-state index contributed by atoms with van der Waals surface area (Å²) < 4.78 is 10.4. The van der Waals surface area contributed by atoms with E-state index in [9.17, 15) is 4.79 Å². The van der Waals surface area contributed by atoms with E-state index < -0.39 is 6.10 Å². The van der Waals surface area contributed by atoms with E-state index in [0.717, 1.165) is 13.0 Å². The number of benzene rings is 1. The molecule has 0 saturated heterocycles. The predicted octanol–water partition coefficient (Wildman–Crippen LogP) is 3.30. The Kier molecular flexibility index (Phi) is 7.56. The summed E-state index contributed by atoms with van der Waals surface area (Å²) in [6.45, 7) is 0.731. The second-order valence-electron chi connectivity index (χ2n) is 6.39. The van der Waals surface area contributed by atoms with Gasteiger partial charge in [-0.05, 0) is 17.9 Å². The number of hydrogen-bond donors (Lipinski definition) is 1. The maximum absolute atomic E-state index is 12.1. The van der Waals surface area contributed by atoms with Gasteiger partial charge in [0.15, 0.2) is 6.10 Å². The first kappa shape index (κ1) is 18.0. The number of esters is 1. The van der Waals surface area contributed by atoms with Crippen molar-refractivity contribution in [2.75, 3.05) is 14.2 Å². The molecule has 128 valence electrons. The third-order valence-electron chi connectivity index (χ3n) is 4.78. The molecule has 0 spiro atoms. The Morgan fingerprint density at radius 2 is 1.87 bits per heavy atom. The lowest BCUT2D eigenvalue weighted by Gasteiger charge is -2.30. The lowest BCUT2D eigenvalue weighted by Crippen LogP contribution is -2.47. The van der Waals surface area contributed by atoms with E-state index in [1.165, 1.54) is 44.8 Å². The fourth-order valence-corrected chi connectivity index (χ4v) is 3.48. The summed E-state index contributed by atoms with van der Waals surface area (Å²) in [7, 11) is 3.00. The largest absolute Gasteiger partial charge is 0.467 e. The third-order valence-corrected chi connectivity index (χ3v) is 4.78. The molecule has 2 rings (SSSR count). The van der Waals surface area contributed by atoms with Crippen molar-refractivity contribution in [3.05, 3.63) is 35.9 Å². The molecule has 1 N–H and O–H groups in total. The van der Waals surface area contributed by atoms with E-state index in [-0.39, 0.29) is 12.0 Å². The molecule has 23 heavy (non-hydrogen) atoms. The van der Waals surface area contributed by atoms with Gasteiger partial charge >= 0.3 is 5.97 Å². The van der Waals surface area contributed by atoms with Crippen LogP contribution in [0.4, 0.5) is 0 Å². The highest BCUT2D eigenvalue weighted by molar-refractivity contribution is 5.75. The van der Waals surface area contributed by atoms with Gasteiger partial charge in [-0.3, -0.25) is 0 Å². The number of methoxy groups -OCH3 is 2. The Bertz CT molecular complexity index is 457. The molecular weight excluding hydrogens is 290 g/mol. The van der Waals surface area contributed by atoms with Gasteiger partial charge in [-0.2, -0.15) is 0 Å². The second-order valence-corrected chi connectivity index (χ2v) is 6.39. The number of rotatable bonds is 8. The van der Waals surface area contributed by atoms with Gasteiger partial charge in [0.05, 0.1) is 7.11 Å². The molecule has 4 heteroatoms. The summed E-state index contributed by atoms with van der Waals surface area (Å²) >= 11 is 0. The SMILES string of the molecule is COC(=O)[C@H](OC)[C@H](CC1CCCCC1)NCc1ccccc1. The highest BCUT2D eigenvalue weighted by Crippen LogP contribution is 2.28. The van der Waals surface area contributed by atoms with Crippen LogP contribution in [0.5, 0.6) is 0 Å². The zero-order valence-corrected chi connectivity index (χ0v) is 14.3. The van der Waals surface area contributed by atoms with E-state index in [4.69, 9.17) is 9.47 Å². The molecular formula is C19H29NO3. The standard InChI is InChI=1S/C19H29NO3/c1-22-18(19(21)23-2)17(13-15-9-5-3-6-10-15)20-14-16-11-7-4-8-12-16/h4,7-8,11-12,15,17-18,20H,3,5-6,9-10,13-14H2,1-2H3/t17-,18+/m0/s1. The average Bonchev–Trinajstić information content (AvgIpc) is 2.61. The molecule has 4 nitrogen and oxygen atoms in total. The van der Waals surface area contributed by atoms with Crippen LogP contribution in [-0.2, 0) is 20.8 Å². The Balaban J connectivity index is 2.01. The lowest BCUT2D eigenvalue weighted by molar-refractivity contribution is -0.154. The van der Waals surface area contributed by atoms with E-state index in [1.807, 2.05) is 18.2 Å². The monoisotopic (exact) mass is 319 g/mol. The molecule has 1 saturated carbocycles. The maximum atomic E-state index is 12.1. The van der Waals surface area contributed by atoms with Crippen LogP contribution in [0.25, 0.3) is 0 Å². The summed E-state index contributed by atoms with van der Waals surface area (Å²) in [4.78, 5) is 12.1. The predicted molar refractivity (Wildman–Crippen MR) is 91.1 cm³/mol. The van der Waals surface area contributed by atoms with Crippen molar-refractivity contribution < 1.29 is 14.3 Å². The van der Waals surface area contributed by atoms with Crippen LogP contribution < -0.4 is 5.32 Å². The molecule has 0 bridgehead atoms. The fraction of sp³-hybridized carbons (Fsp3) is 0.632. The van der Waals surface area contributed by atoms with Gasteiger partial charge in [-0.1, -0.05) is 62.4 Å². The number of ether oxygens (including phenoxy) is 2. The van der Waals surface area contributed by atoms with Gasteiger partial charge in [-0.15, -0.1) is 0 Å². The van der Waals surface area contributed by atoms with Gasteiger partial charge in [0.2, 0.25) is 0 Å². The van der Waals surface area contributed by atoms with Crippen LogP contribution >= 0.6 is 0 Å². The van der Waals surface area contributed by atoms with Gasteiger partial charge in [-0.25, -0.2) is 4.79 Å². The Hall–Kier alpha value is -1.39. The van der Waals surface area contributed by atoms with E-state index in [0.29, 0.717) is 5.92 Å². The van der Waals surface area contributed by atoms with Crippen LogP contribution in [0.15, 0.2) is 30.3 Å². The zero-order chi connectivity index (χ0) is 16.5. The topological polar surface area (TPSA) is 47.6 Å². The smallest absolute Gasteiger partial charge is 0.336 e. The second kappa shape index (κ2) is 9.68. The molecule has 1 aromatic rings. The van der Waals surface area contributed by atoms with Crippen LogP contribution in [0, 0.1) is 5.92 Å². The first-order chi connectivity index (χ1) is 11.2. The first-order valence-corrected chi connectivity index (χ1v) is 8.62. The minimum Gasteiger partial charge on any atom is -0.467 e. The molecule has 0 aromatic heterocycles. The molecule has 1 aliphatic rings. The molecule has 1 aliphatic carbocycles. The minimum atomic E-state index is -0.550. The first-order valence-electron chi connectivity index (χ1n) is 8.62. The molecule has 1 fully saturated rings. The van der Waals surface area contributed by atoms with Crippen molar-refractivity contribution in [3.8, 4) is 0 Å². The van der Waals surface area contributed by atoms with Crippen molar-refractivity contribution in [3.63, 3.8) is 0 Å². The van der Waals surface area contributed by atoms with Crippen LogP contribution in [0.2, 0.25) is 0 Å². The summed E-state index contributed by atoms with van der Waals surface area (Å²) in [6.07, 6.45) is 6.84. The minimum absolute atomic E-state index is 0.0178. The highest BCUT2D eigenvalue weighted by Gasteiger charge is 2.31. The van der Waals surface area contributed by atoms with Crippen molar-refractivity contribution in [2.45, 2.75) is 57.2 Å². The maximum Gasteiger partial charge on any atom is 0.336 e. The highest BCUT2D eigenvalue weighted by atomic mass is 16.6. The lowest BCUT2D eigenvalue weighted by atomic mass is 9.83. The zero-order valence-electron chi connectivity index (χ0n) is 14.3. The molecule has 0 radical (unpaired) electrons. The van der Waals surface area contributed by atoms with Crippen LogP contribution in [0.1, 0.15) is 44.1 Å². The van der Waals surface area contributed by atoms with E-state index in [1.54, 1.807) is 7.11 Å². The van der Waals surface area contributed by atoms with Crippen molar-refractivity contribution in [1.82, 2.24) is 5.32 Å². The quantitative estimate of drug-likeness (QED) is 0.747. The summed E-state index contributed by atoms with van der Waals surface area (Å²) in [5.41, 5.74) is 1.21. The van der Waals surface area contributed by atoms with Gasteiger partial charge in [0.1, 0.15) is 0 Å². The van der Waals surface area contributed by atoms with Gasteiger partial charge < -0.3 is 14.8 Å². The van der Waals surface area contributed by atoms with Crippen molar-refractivity contribution in [2.24, 2.45) is 5.92 Å². The third kappa shape index (κ3) is 5.63. The number of nitrogens with one attached hydrogen (secondary N) is 1. The Morgan fingerprint density at radius 1 is 1.17 bits per heavy atom. The normalized spacial score (nSPS) is 18.3. The van der Waals surface area contributed by atoms with Crippen molar-refractivity contribution >= 4 is 5.97 Å². The molecule has 2 atom stereocenters. The molecule has 1 aromatic carbocycles. The van der Waals surface area contributed by atoms with E-state index >= 15 is 0 Å². The number of carbonyl (C=O) groups excluding carboxylic acids is 1. The molecule has 0 unspecified atom stereocenters. The molecule has 0 amide bonds. The Labute approximate surface area is 139 Å². The molecule has 0 heterocycles. The Morgan fingerprint density at radius 3 is 2.48 bits per heavy atom. The van der Waals surface area contributed by atoms with Crippen molar-refractivity contribution in [1.29, 1.82) is 0 Å². The fourth-order valence-electron chi connectivity index (χ4n) is 3.48. The van der Waals surface area contributed by atoms with Crippen LogP contribution in [0.3, 0.4) is 0 Å². The number of carbonyl (C=O) groups is 1. The average molecular weight is 319 g/mol. The number of hydrogen-bond acceptors (Lipinski definition) is 4. The van der Waals surface area contributed by atoms with Gasteiger partial charge in [0.25, 0.3) is 0 Å². The summed E-state index contributed by atoms with van der Waals surface area (Å²) in [5, 5.41) is 3.52. The van der Waals surface area contributed by atoms with E-state index in [2.05, 4.69) is 17.4 Å². The van der Waals surface area contributed by atoms with Crippen LogP contribution in [-0.4, -0.2) is 32.3 Å². The summed E-state index contributed by atoms with van der Waals surface area (Å²) in [5.74, 6) is 0.369. The molecule has 0 aliphatic heterocycles. The van der Waals surface area contributed by atoms with Gasteiger partial charge in [0, 0.05) is 19.7 Å².